The highest BCUT2D eigenvalue weighted by Gasteiger charge is 2.17. The second-order valence-corrected chi connectivity index (χ2v) is 16.5. The van der Waals surface area contributed by atoms with E-state index in [1.165, 1.54) is 33.4 Å². The van der Waals surface area contributed by atoms with Crippen LogP contribution in [0.25, 0.3) is 66.8 Å². The van der Waals surface area contributed by atoms with E-state index in [1.54, 1.807) is 0 Å². The van der Waals surface area contributed by atoms with Gasteiger partial charge < -0.3 is 0 Å². The molecule has 0 aliphatic rings. The Labute approximate surface area is 376 Å². The molecule has 0 bridgehead atoms. The molecule has 1 nitrogen and oxygen atoms in total. The summed E-state index contributed by atoms with van der Waals surface area (Å²) in [6.07, 6.45) is 1.39. The second-order valence-electron chi connectivity index (χ2n) is 16.5. The predicted octanol–water partition coefficient (Wildman–Crippen LogP) is 16.1. The third kappa shape index (κ3) is 9.21. The molecule has 1 heteroatoms. The van der Waals surface area contributed by atoms with Crippen LogP contribution in [-0.2, 0) is 12.8 Å². The molecule has 0 saturated carbocycles. The van der Waals surface area contributed by atoms with Crippen molar-refractivity contribution >= 4 is 5.78 Å². The normalized spacial score (nSPS) is 11.0. The Kier molecular flexibility index (Phi) is 11.5. The van der Waals surface area contributed by atoms with E-state index in [2.05, 4.69) is 231 Å². The predicted molar refractivity (Wildman–Crippen MR) is 267 cm³/mol. The molecule has 0 unspecified atom stereocenters. The molecule has 64 heavy (non-hydrogen) atoms. The summed E-state index contributed by atoms with van der Waals surface area (Å²) in [5, 5.41) is 0. The van der Waals surface area contributed by atoms with Crippen molar-refractivity contribution < 1.29 is 4.79 Å². The van der Waals surface area contributed by atoms with Gasteiger partial charge in [0, 0.05) is 11.1 Å². The van der Waals surface area contributed by atoms with Crippen LogP contribution >= 0.6 is 0 Å². The number of carbonyl (C=O) groups excluding carboxylic acids is 1. The molecule has 0 spiro atoms. The van der Waals surface area contributed by atoms with Gasteiger partial charge in [-0.05, 0) is 138 Å². The first-order chi connectivity index (χ1) is 31.6. The van der Waals surface area contributed by atoms with E-state index in [4.69, 9.17) is 0 Å². The fourth-order valence-corrected chi connectivity index (χ4v) is 8.73. The Morgan fingerprint density at radius 2 is 0.500 bits per heavy atom. The summed E-state index contributed by atoms with van der Waals surface area (Å²) in [6, 6.07) is 89.6. The lowest BCUT2D eigenvalue weighted by atomic mass is 9.89. The van der Waals surface area contributed by atoms with Crippen molar-refractivity contribution in [3.05, 3.63) is 288 Å². The minimum absolute atomic E-state index is 0.00322. The van der Waals surface area contributed by atoms with Crippen LogP contribution in [0.3, 0.4) is 0 Å². The molecule has 10 aromatic carbocycles. The Morgan fingerprint density at radius 1 is 0.219 bits per heavy atom. The molecule has 10 aromatic rings. The largest absolute Gasteiger partial charge is 0.289 e. The summed E-state index contributed by atoms with van der Waals surface area (Å²) in [4.78, 5) is 15.2. The number of carbonyl (C=O) groups is 1. The van der Waals surface area contributed by atoms with Crippen LogP contribution in [-0.4, -0.2) is 5.78 Å². The topological polar surface area (TPSA) is 17.1 Å². The Hall–Kier alpha value is -8.13. The molecule has 0 atom stereocenters. The molecular weight excluding hydrogens is 773 g/mol. The highest BCUT2D eigenvalue weighted by atomic mass is 16.1. The number of benzene rings is 10. The molecule has 0 N–H and O–H groups in total. The molecule has 0 amide bonds. The highest BCUT2D eigenvalue weighted by molar-refractivity contribution is 6.10. The van der Waals surface area contributed by atoms with Crippen molar-refractivity contribution in [2.24, 2.45) is 0 Å². The average molecular weight is 819 g/mol. The Balaban J connectivity index is 1.05. The summed E-state index contributed by atoms with van der Waals surface area (Å²) in [5.41, 5.74) is 19.4. The maximum absolute atomic E-state index is 15.2. The fourth-order valence-electron chi connectivity index (χ4n) is 8.73. The minimum Gasteiger partial charge on any atom is -0.289 e. The van der Waals surface area contributed by atoms with E-state index in [0.717, 1.165) is 55.6 Å². The minimum atomic E-state index is 0.00322. The summed E-state index contributed by atoms with van der Waals surface area (Å²) in [6.45, 7) is 0. The van der Waals surface area contributed by atoms with Crippen LogP contribution in [0.15, 0.2) is 255 Å². The Bertz CT molecular complexity index is 2950. The van der Waals surface area contributed by atoms with Crippen LogP contribution in [0.1, 0.15) is 38.2 Å². The summed E-state index contributed by atoms with van der Waals surface area (Å²) < 4.78 is 0. The third-order valence-electron chi connectivity index (χ3n) is 12.1. The second kappa shape index (κ2) is 18.5. The molecule has 10 rings (SSSR count). The van der Waals surface area contributed by atoms with E-state index < -0.39 is 0 Å². The van der Waals surface area contributed by atoms with Gasteiger partial charge in [-0.2, -0.15) is 0 Å². The number of ketones is 1. The van der Waals surface area contributed by atoms with Crippen LogP contribution in [0.2, 0.25) is 0 Å². The van der Waals surface area contributed by atoms with Gasteiger partial charge in [0.1, 0.15) is 0 Å². The maximum Gasteiger partial charge on any atom is 0.193 e. The van der Waals surface area contributed by atoms with E-state index in [0.29, 0.717) is 24.0 Å². The van der Waals surface area contributed by atoms with E-state index in [9.17, 15) is 0 Å². The van der Waals surface area contributed by atoms with Crippen molar-refractivity contribution in [3.63, 3.8) is 0 Å². The molecule has 304 valence electrons. The van der Waals surface area contributed by atoms with Crippen molar-refractivity contribution in [3.8, 4) is 66.8 Å². The molecule has 0 radical (unpaired) electrons. The highest BCUT2D eigenvalue weighted by Crippen LogP contribution is 2.33. The first-order valence-corrected chi connectivity index (χ1v) is 22.0. The van der Waals surface area contributed by atoms with Crippen molar-refractivity contribution in [2.75, 3.05) is 0 Å². The number of hydrogen-bond donors (Lipinski definition) is 0. The van der Waals surface area contributed by atoms with Crippen LogP contribution in [0.4, 0.5) is 0 Å². The van der Waals surface area contributed by atoms with Gasteiger partial charge in [-0.3, -0.25) is 4.79 Å². The summed E-state index contributed by atoms with van der Waals surface area (Å²) >= 11 is 0. The van der Waals surface area contributed by atoms with Crippen LogP contribution in [0, 0.1) is 0 Å². The lowest BCUT2D eigenvalue weighted by Crippen LogP contribution is -2.05. The summed E-state index contributed by atoms with van der Waals surface area (Å²) in [7, 11) is 0. The molecule has 0 saturated heterocycles. The van der Waals surface area contributed by atoms with Crippen molar-refractivity contribution in [1.29, 1.82) is 0 Å². The SMILES string of the molecule is O=C(c1cc(Cc2ccc(-c3ccccc3)cc2)cc(-c2cccc(-c3ccccc3)c2)c1)c1cc(Cc2ccc(-c3ccccc3)cc2)cc(-c2cccc(-c3ccccc3)c2)c1. The number of rotatable bonds is 12. The first kappa shape index (κ1) is 40.0. The zero-order valence-electron chi connectivity index (χ0n) is 35.6. The van der Waals surface area contributed by atoms with Gasteiger partial charge in [0.25, 0.3) is 0 Å². The first-order valence-electron chi connectivity index (χ1n) is 22.0. The lowest BCUT2D eigenvalue weighted by molar-refractivity contribution is 0.103. The van der Waals surface area contributed by atoms with E-state index >= 15 is 4.79 Å². The molecule has 0 aliphatic carbocycles. The summed E-state index contributed by atoms with van der Waals surface area (Å²) in [5.74, 6) is 0.00322. The van der Waals surface area contributed by atoms with Gasteiger partial charge in [0.15, 0.2) is 5.78 Å². The number of hydrogen-bond acceptors (Lipinski definition) is 1. The van der Waals surface area contributed by atoms with Crippen LogP contribution < -0.4 is 0 Å². The van der Waals surface area contributed by atoms with Gasteiger partial charge in [-0.1, -0.05) is 218 Å². The smallest absolute Gasteiger partial charge is 0.193 e. The monoisotopic (exact) mass is 818 g/mol. The standard InChI is InChI=1S/C63H46O/c64-63(61-39-47(35-45-27-31-53(32-28-45)49-15-5-1-6-16-49)37-59(43-61)57-25-13-23-55(41-57)51-19-9-3-10-20-51)62-40-48(36-46-29-33-54(34-30-46)50-17-7-2-8-18-50)38-60(44-62)58-26-14-24-56(42-58)52-21-11-4-12-22-52/h1-34,37-44H,35-36H2. The fraction of sp³-hybridized carbons (Fsp3) is 0.0317. The van der Waals surface area contributed by atoms with Gasteiger partial charge in [0.05, 0.1) is 0 Å². The van der Waals surface area contributed by atoms with Gasteiger partial charge >= 0.3 is 0 Å². The Morgan fingerprint density at radius 3 is 0.844 bits per heavy atom. The van der Waals surface area contributed by atoms with Gasteiger partial charge in [-0.15, -0.1) is 0 Å². The quantitative estimate of drug-likeness (QED) is 0.112. The molecule has 0 aliphatic heterocycles. The van der Waals surface area contributed by atoms with Crippen molar-refractivity contribution in [2.45, 2.75) is 12.8 Å². The molecule has 0 aromatic heterocycles. The van der Waals surface area contributed by atoms with Crippen LogP contribution in [0.5, 0.6) is 0 Å². The zero-order valence-corrected chi connectivity index (χ0v) is 35.6. The lowest BCUT2D eigenvalue weighted by Gasteiger charge is -2.14. The third-order valence-corrected chi connectivity index (χ3v) is 12.1. The average Bonchev–Trinajstić information content (AvgIpc) is 3.37. The maximum atomic E-state index is 15.2. The van der Waals surface area contributed by atoms with E-state index in [-0.39, 0.29) is 5.78 Å². The molecule has 0 fully saturated rings. The zero-order chi connectivity index (χ0) is 43.1. The van der Waals surface area contributed by atoms with Gasteiger partial charge in [0.2, 0.25) is 0 Å². The molecule has 0 heterocycles. The van der Waals surface area contributed by atoms with E-state index in [1.807, 2.05) is 24.3 Å². The van der Waals surface area contributed by atoms with Crippen molar-refractivity contribution in [1.82, 2.24) is 0 Å². The molecular formula is C63H46O. The van der Waals surface area contributed by atoms with Gasteiger partial charge in [-0.25, -0.2) is 0 Å².